The van der Waals surface area contributed by atoms with E-state index in [4.69, 9.17) is 0 Å². The molecular formula is C23H21N5O3S2. The molecule has 0 aliphatic heterocycles. The number of aromatic amines is 1. The molecular weight excluding hydrogens is 458 g/mol. The summed E-state index contributed by atoms with van der Waals surface area (Å²) < 4.78 is 0. The third-order valence-corrected chi connectivity index (χ3v) is 6.59. The van der Waals surface area contributed by atoms with Gasteiger partial charge in [0.2, 0.25) is 0 Å². The van der Waals surface area contributed by atoms with Crippen LogP contribution in [0, 0.1) is 6.92 Å². The van der Waals surface area contributed by atoms with Crippen molar-refractivity contribution in [1.29, 1.82) is 0 Å². The van der Waals surface area contributed by atoms with Crippen LogP contribution in [0.3, 0.4) is 0 Å². The van der Waals surface area contributed by atoms with Gasteiger partial charge in [-0.15, -0.1) is 11.3 Å². The molecule has 4 N–H and O–H groups in total. The summed E-state index contributed by atoms with van der Waals surface area (Å²) in [7, 11) is 0. The highest BCUT2D eigenvalue weighted by atomic mass is 32.2. The SMILES string of the molecule is Cc1ccc(C(=O)NCC(=O)NNC(=O)c2ccc(CSc3nc4ccccc4[nH]3)cc2)s1. The molecule has 0 radical (unpaired) electrons. The van der Waals surface area contributed by atoms with Gasteiger partial charge in [0.15, 0.2) is 5.16 Å². The van der Waals surface area contributed by atoms with E-state index in [0.29, 0.717) is 16.2 Å². The average molecular weight is 480 g/mol. The molecule has 0 aliphatic carbocycles. The number of carbonyl (C=O) groups is 3. The fraction of sp³-hybridized carbons (Fsp3) is 0.130. The van der Waals surface area contributed by atoms with Crippen LogP contribution in [0.1, 0.15) is 30.5 Å². The Hall–Kier alpha value is -3.63. The van der Waals surface area contributed by atoms with E-state index in [1.54, 1.807) is 30.0 Å². The van der Waals surface area contributed by atoms with E-state index in [0.717, 1.165) is 26.6 Å². The maximum absolute atomic E-state index is 12.3. The molecule has 0 saturated heterocycles. The summed E-state index contributed by atoms with van der Waals surface area (Å²) in [4.78, 5) is 45.5. The number of aromatic nitrogens is 2. The Bertz CT molecular complexity index is 1260. The van der Waals surface area contributed by atoms with E-state index in [-0.39, 0.29) is 12.5 Å². The highest BCUT2D eigenvalue weighted by Gasteiger charge is 2.11. The van der Waals surface area contributed by atoms with Gasteiger partial charge in [0.05, 0.1) is 22.5 Å². The number of aryl methyl sites for hydroxylation is 1. The second-order valence-electron chi connectivity index (χ2n) is 7.14. The average Bonchev–Trinajstić information content (AvgIpc) is 3.45. The third-order valence-electron chi connectivity index (χ3n) is 4.65. The zero-order chi connectivity index (χ0) is 23.2. The van der Waals surface area contributed by atoms with Crippen molar-refractivity contribution in [2.45, 2.75) is 17.8 Å². The van der Waals surface area contributed by atoms with Crippen molar-refractivity contribution in [2.75, 3.05) is 6.54 Å². The molecule has 0 saturated carbocycles. The Morgan fingerprint density at radius 1 is 0.970 bits per heavy atom. The Morgan fingerprint density at radius 2 is 1.76 bits per heavy atom. The predicted octanol–water partition coefficient (Wildman–Crippen LogP) is 3.42. The molecule has 3 amide bonds. The van der Waals surface area contributed by atoms with Crippen LogP contribution in [-0.2, 0) is 10.5 Å². The molecule has 0 fully saturated rings. The van der Waals surface area contributed by atoms with Crippen LogP contribution in [0.15, 0.2) is 65.8 Å². The van der Waals surface area contributed by atoms with Crippen LogP contribution in [0.5, 0.6) is 0 Å². The molecule has 0 bridgehead atoms. The monoisotopic (exact) mass is 479 g/mol. The van der Waals surface area contributed by atoms with E-state index in [9.17, 15) is 14.4 Å². The van der Waals surface area contributed by atoms with E-state index in [1.165, 1.54) is 11.3 Å². The normalized spacial score (nSPS) is 10.7. The smallest absolute Gasteiger partial charge is 0.269 e. The standard InChI is InChI=1S/C23H21N5O3S2/c1-14-6-11-19(33-14)22(31)24-12-20(29)27-28-21(30)16-9-7-15(8-10-16)13-32-23-25-17-4-2-3-5-18(17)26-23/h2-11H,12-13H2,1H3,(H,24,31)(H,25,26)(H,27,29)(H,28,30). The number of benzene rings is 2. The summed E-state index contributed by atoms with van der Waals surface area (Å²) in [5.41, 5.74) is 8.02. The summed E-state index contributed by atoms with van der Waals surface area (Å²) in [6, 6.07) is 18.5. The Kier molecular flexibility index (Phi) is 7.06. The number of para-hydroxylation sites is 2. The first kappa shape index (κ1) is 22.6. The van der Waals surface area contributed by atoms with Crippen LogP contribution in [-0.4, -0.2) is 34.2 Å². The number of carbonyl (C=O) groups excluding carboxylic acids is 3. The van der Waals surface area contributed by atoms with Gasteiger partial charge in [0.25, 0.3) is 17.7 Å². The lowest BCUT2D eigenvalue weighted by Gasteiger charge is -2.08. The number of imidazole rings is 1. The number of rotatable bonds is 7. The molecule has 0 aliphatic rings. The Balaban J connectivity index is 1.21. The summed E-state index contributed by atoms with van der Waals surface area (Å²) in [5.74, 6) is -0.600. The molecule has 33 heavy (non-hydrogen) atoms. The van der Waals surface area contributed by atoms with Gasteiger partial charge in [0, 0.05) is 16.2 Å². The summed E-state index contributed by atoms with van der Waals surface area (Å²) in [5, 5.41) is 3.35. The van der Waals surface area contributed by atoms with E-state index >= 15 is 0 Å². The van der Waals surface area contributed by atoms with Crippen LogP contribution in [0.4, 0.5) is 0 Å². The number of thiophene rings is 1. The van der Waals surface area contributed by atoms with Gasteiger partial charge in [-0.3, -0.25) is 25.2 Å². The number of hydrogen-bond donors (Lipinski definition) is 4. The number of hydrogen-bond acceptors (Lipinski definition) is 6. The van der Waals surface area contributed by atoms with E-state index in [2.05, 4.69) is 26.1 Å². The zero-order valence-corrected chi connectivity index (χ0v) is 19.3. The second-order valence-corrected chi connectivity index (χ2v) is 9.39. The quantitative estimate of drug-likeness (QED) is 0.239. The fourth-order valence-corrected chi connectivity index (χ4v) is 4.57. The van der Waals surface area contributed by atoms with Gasteiger partial charge in [-0.1, -0.05) is 36.0 Å². The largest absolute Gasteiger partial charge is 0.342 e. The van der Waals surface area contributed by atoms with Crippen molar-refractivity contribution in [3.8, 4) is 0 Å². The molecule has 0 atom stereocenters. The summed E-state index contributed by atoms with van der Waals surface area (Å²) >= 11 is 2.92. The van der Waals surface area contributed by atoms with Crippen molar-refractivity contribution in [2.24, 2.45) is 0 Å². The predicted molar refractivity (Wildman–Crippen MR) is 129 cm³/mol. The minimum atomic E-state index is -0.524. The first-order chi connectivity index (χ1) is 16.0. The maximum Gasteiger partial charge on any atom is 0.269 e. The van der Waals surface area contributed by atoms with Gasteiger partial charge >= 0.3 is 0 Å². The lowest BCUT2D eigenvalue weighted by Crippen LogP contribution is -2.46. The lowest BCUT2D eigenvalue weighted by atomic mass is 10.1. The third kappa shape index (κ3) is 5.99. The van der Waals surface area contributed by atoms with Crippen molar-refractivity contribution >= 4 is 51.9 Å². The van der Waals surface area contributed by atoms with E-state index < -0.39 is 11.8 Å². The van der Waals surface area contributed by atoms with Crippen molar-refractivity contribution in [3.63, 3.8) is 0 Å². The number of hydrazine groups is 1. The molecule has 10 heteroatoms. The van der Waals surface area contributed by atoms with Crippen LogP contribution in [0.25, 0.3) is 11.0 Å². The van der Waals surface area contributed by atoms with Crippen molar-refractivity contribution in [3.05, 3.63) is 81.5 Å². The molecule has 8 nitrogen and oxygen atoms in total. The minimum absolute atomic E-state index is 0.242. The fourth-order valence-electron chi connectivity index (χ4n) is 2.95. The van der Waals surface area contributed by atoms with Crippen molar-refractivity contribution in [1.82, 2.24) is 26.1 Å². The molecule has 4 rings (SSSR count). The molecule has 0 spiro atoms. The zero-order valence-electron chi connectivity index (χ0n) is 17.7. The topological polar surface area (TPSA) is 116 Å². The molecule has 168 valence electrons. The highest BCUT2D eigenvalue weighted by molar-refractivity contribution is 7.98. The summed E-state index contributed by atoms with van der Waals surface area (Å²) in [6.07, 6.45) is 0. The molecule has 2 aromatic heterocycles. The molecule has 2 heterocycles. The van der Waals surface area contributed by atoms with Crippen LogP contribution < -0.4 is 16.2 Å². The first-order valence-corrected chi connectivity index (χ1v) is 11.9. The van der Waals surface area contributed by atoms with Crippen LogP contribution in [0.2, 0.25) is 0 Å². The molecule has 0 unspecified atom stereocenters. The van der Waals surface area contributed by atoms with Gasteiger partial charge in [-0.2, -0.15) is 0 Å². The minimum Gasteiger partial charge on any atom is -0.342 e. The maximum atomic E-state index is 12.3. The molecule has 2 aromatic carbocycles. The van der Waals surface area contributed by atoms with Gasteiger partial charge < -0.3 is 10.3 Å². The number of thioether (sulfide) groups is 1. The highest BCUT2D eigenvalue weighted by Crippen LogP contribution is 2.23. The van der Waals surface area contributed by atoms with Crippen molar-refractivity contribution < 1.29 is 14.4 Å². The van der Waals surface area contributed by atoms with Gasteiger partial charge in [-0.05, 0) is 48.9 Å². The Morgan fingerprint density at radius 3 is 2.48 bits per heavy atom. The lowest BCUT2D eigenvalue weighted by molar-refractivity contribution is -0.120. The number of nitrogens with zero attached hydrogens (tertiary/aromatic N) is 1. The Labute approximate surface area is 198 Å². The van der Waals surface area contributed by atoms with Gasteiger partial charge in [0.1, 0.15) is 0 Å². The summed E-state index contributed by atoms with van der Waals surface area (Å²) in [6.45, 7) is 1.66. The van der Waals surface area contributed by atoms with Gasteiger partial charge in [-0.25, -0.2) is 4.98 Å². The first-order valence-electron chi connectivity index (χ1n) is 10.1. The number of amides is 3. The number of fused-ring (bicyclic) bond motifs is 1. The second kappa shape index (κ2) is 10.3. The number of nitrogens with one attached hydrogen (secondary N) is 4. The number of H-pyrrole nitrogens is 1. The molecule has 4 aromatic rings. The van der Waals surface area contributed by atoms with E-state index in [1.807, 2.05) is 49.4 Å². The van der Waals surface area contributed by atoms with Crippen LogP contribution >= 0.6 is 23.1 Å².